The van der Waals surface area contributed by atoms with Crippen LogP contribution in [-0.2, 0) is 12.7 Å². The van der Waals surface area contributed by atoms with Crippen molar-refractivity contribution >= 4 is 23.0 Å². The van der Waals surface area contributed by atoms with E-state index in [1.165, 1.54) is 22.6 Å². The molecular weight excluding hydrogens is 387 g/mol. The number of alkyl halides is 3. The molecule has 0 aromatic heterocycles. The molecule has 0 amide bonds. The highest BCUT2D eigenvalue weighted by atomic mass is 32.1. The van der Waals surface area contributed by atoms with Gasteiger partial charge in [0.1, 0.15) is 12.3 Å². The summed E-state index contributed by atoms with van der Waals surface area (Å²) in [4.78, 5) is 3.33. The maximum absolute atomic E-state index is 13.1. The molecule has 0 aliphatic carbocycles. The summed E-state index contributed by atoms with van der Waals surface area (Å²) in [5.74, 6) is 0.837. The van der Waals surface area contributed by atoms with E-state index in [4.69, 9.17) is 17.0 Å². The van der Waals surface area contributed by atoms with Crippen LogP contribution in [0.25, 0.3) is 0 Å². The lowest BCUT2D eigenvalue weighted by molar-refractivity contribution is -0.917. The average molecular weight is 410 g/mol. The minimum Gasteiger partial charge on any atom is -0.497 e. The van der Waals surface area contributed by atoms with Crippen molar-refractivity contribution in [3.8, 4) is 5.75 Å². The van der Waals surface area contributed by atoms with Gasteiger partial charge in [0.05, 0.1) is 44.5 Å². The Kier molecular flexibility index (Phi) is 6.41. The van der Waals surface area contributed by atoms with E-state index in [9.17, 15) is 13.2 Å². The second kappa shape index (κ2) is 8.79. The molecule has 2 N–H and O–H groups in total. The second-order valence-electron chi connectivity index (χ2n) is 6.74. The van der Waals surface area contributed by atoms with Crippen LogP contribution in [0.1, 0.15) is 11.1 Å². The number of nitrogens with one attached hydrogen (secondary N) is 2. The van der Waals surface area contributed by atoms with Crippen molar-refractivity contribution in [3.63, 3.8) is 0 Å². The summed E-state index contributed by atoms with van der Waals surface area (Å²) in [7, 11) is 1.65. The maximum atomic E-state index is 13.1. The molecular formula is C20H23F3N3OS+. The van der Waals surface area contributed by atoms with Crippen LogP contribution in [0.3, 0.4) is 0 Å². The number of rotatable bonds is 4. The average Bonchev–Trinajstić information content (AvgIpc) is 2.68. The first kappa shape index (κ1) is 20.4. The largest absolute Gasteiger partial charge is 0.497 e. The van der Waals surface area contributed by atoms with Gasteiger partial charge in [0.2, 0.25) is 0 Å². The summed E-state index contributed by atoms with van der Waals surface area (Å²) >= 11 is 5.36. The third kappa shape index (κ3) is 5.14. The third-order valence-electron chi connectivity index (χ3n) is 4.82. The molecule has 4 nitrogen and oxygen atoms in total. The molecule has 150 valence electrons. The molecule has 0 radical (unpaired) electrons. The van der Waals surface area contributed by atoms with Gasteiger partial charge in [-0.1, -0.05) is 24.3 Å². The first-order chi connectivity index (χ1) is 13.4. The van der Waals surface area contributed by atoms with E-state index in [2.05, 4.69) is 11.4 Å². The van der Waals surface area contributed by atoms with E-state index in [0.717, 1.165) is 31.5 Å². The monoisotopic (exact) mass is 410 g/mol. The Morgan fingerprint density at radius 3 is 2.54 bits per heavy atom. The van der Waals surface area contributed by atoms with Crippen molar-refractivity contribution in [2.45, 2.75) is 12.7 Å². The van der Waals surface area contributed by atoms with Gasteiger partial charge in [0.15, 0.2) is 5.11 Å². The minimum absolute atomic E-state index is 0.00819. The van der Waals surface area contributed by atoms with Gasteiger partial charge in [-0.15, -0.1) is 0 Å². The molecule has 1 saturated heterocycles. The number of quaternary nitrogens is 1. The van der Waals surface area contributed by atoms with Crippen molar-refractivity contribution in [1.82, 2.24) is 4.90 Å². The van der Waals surface area contributed by atoms with Gasteiger partial charge >= 0.3 is 6.18 Å². The van der Waals surface area contributed by atoms with Crippen LogP contribution in [-0.4, -0.2) is 43.3 Å². The zero-order valence-corrected chi connectivity index (χ0v) is 16.4. The molecule has 8 heteroatoms. The smallest absolute Gasteiger partial charge is 0.418 e. The Balaban J connectivity index is 1.56. The highest BCUT2D eigenvalue weighted by molar-refractivity contribution is 7.80. The number of hydrogen-bond acceptors (Lipinski definition) is 2. The van der Waals surface area contributed by atoms with Crippen LogP contribution in [0.4, 0.5) is 18.9 Å². The Morgan fingerprint density at radius 2 is 1.86 bits per heavy atom. The maximum Gasteiger partial charge on any atom is 0.418 e. The number of hydrogen-bond donors (Lipinski definition) is 2. The van der Waals surface area contributed by atoms with Crippen molar-refractivity contribution in [2.75, 3.05) is 38.6 Å². The van der Waals surface area contributed by atoms with E-state index in [0.29, 0.717) is 18.2 Å². The highest BCUT2D eigenvalue weighted by Gasteiger charge is 2.33. The van der Waals surface area contributed by atoms with Gasteiger partial charge in [-0.05, 0) is 36.5 Å². The van der Waals surface area contributed by atoms with Crippen molar-refractivity contribution in [3.05, 3.63) is 59.7 Å². The molecule has 0 atom stereocenters. The number of methoxy groups -OCH3 is 1. The van der Waals surface area contributed by atoms with Crippen LogP contribution in [0, 0.1) is 0 Å². The molecule has 0 unspecified atom stereocenters. The lowest BCUT2D eigenvalue weighted by atomic mass is 10.1. The summed E-state index contributed by atoms with van der Waals surface area (Å²) < 4.78 is 44.7. The summed E-state index contributed by atoms with van der Waals surface area (Å²) in [6.45, 7) is 3.99. The summed E-state index contributed by atoms with van der Waals surface area (Å²) in [6.07, 6.45) is -4.42. The normalized spacial score (nSPS) is 15.4. The molecule has 28 heavy (non-hydrogen) atoms. The molecule has 0 spiro atoms. The summed E-state index contributed by atoms with van der Waals surface area (Å²) in [6, 6.07) is 13.4. The number of halogens is 3. The van der Waals surface area contributed by atoms with Crippen LogP contribution in [0.5, 0.6) is 5.75 Å². The second-order valence-corrected chi connectivity index (χ2v) is 7.13. The van der Waals surface area contributed by atoms with Gasteiger partial charge in [0, 0.05) is 5.56 Å². The number of benzene rings is 2. The molecule has 1 aliphatic heterocycles. The summed E-state index contributed by atoms with van der Waals surface area (Å²) in [5, 5.41) is 3.11. The predicted octanol–water partition coefficient (Wildman–Crippen LogP) is 2.81. The van der Waals surface area contributed by atoms with Crippen LogP contribution in [0.2, 0.25) is 0 Å². The number of nitrogens with zero attached hydrogens (tertiary/aromatic N) is 1. The zero-order chi connectivity index (χ0) is 20.1. The van der Waals surface area contributed by atoms with Gasteiger partial charge in [-0.2, -0.15) is 13.2 Å². The number of para-hydroxylation sites is 1. The Labute approximate surface area is 167 Å². The first-order valence-corrected chi connectivity index (χ1v) is 9.46. The number of thiocarbonyl (C=S) groups is 1. The fourth-order valence-corrected chi connectivity index (χ4v) is 3.60. The molecule has 2 aromatic carbocycles. The number of ether oxygens (including phenoxy) is 1. The molecule has 0 bridgehead atoms. The highest BCUT2D eigenvalue weighted by Crippen LogP contribution is 2.34. The van der Waals surface area contributed by atoms with E-state index in [1.54, 1.807) is 13.2 Å². The van der Waals surface area contributed by atoms with Crippen LogP contribution >= 0.6 is 12.2 Å². The van der Waals surface area contributed by atoms with Gasteiger partial charge in [0.25, 0.3) is 0 Å². The van der Waals surface area contributed by atoms with E-state index < -0.39 is 11.7 Å². The van der Waals surface area contributed by atoms with Crippen molar-refractivity contribution in [2.24, 2.45) is 0 Å². The van der Waals surface area contributed by atoms with Crippen molar-refractivity contribution in [1.29, 1.82) is 0 Å². The Hall–Kier alpha value is -2.32. The fraction of sp³-hybridized carbons (Fsp3) is 0.350. The third-order valence-corrected chi connectivity index (χ3v) is 5.18. The molecule has 1 heterocycles. The lowest BCUT2D eigenvalue weighted by Gasteiger charge is -2.34. The van der Waals surface area contributed by atoms with E-state index in [1.807, 2.05) is 23.1 Å². The minimum atomic E-state index is -4.42. The van der Waals surface area contributed by atoms with E-state index >= 15 is 0 Å². The van der Waals surface area contributed by atoms with E-state index in [-0.39, 0.29) is 5.69 Å². The fourth-order valence-electron chi connectivity index (χ4n) is 3.31. The molecule has 1 fully saturated rings. The Bertz CT molecular complexity index is 820. The van der Waals surface area contributed by atoms with Crippen LogP contribution in [0.15, 0.2) is 48.5 Å². The molecule has 1 aliphatic rings. The molecule has 0 saturated carbocycles. The van der Waals surface area contributed by atoms with Gasteiger partial charge in [-0.3, -0.25) is 0 Å². The number of piperazine rings is 1. The summed E-state index contributed by atoms with van der Waals surface area (Å²) in [5.41, 5.74) is 0.480. The van der Waals surface area contributed by atoms with Crippen molar-refractivity contribution < 1.29 is 22.8 Å². The van der Waals surface area contributed by atoms with Gasteiger partial charge < -0.3 is 19.9 Å². The topological polar surface area (TPSA) is 28.9 Å². The lowest BCUT2D eigenvalue weighted by Crippen LogP contribution is -3.13. The Morgan fingerprint density at radius 1 is 1.14 bits per heavy atom. The molecule has 2 aromatic rings. The first-order valence-electron chi connectivity index (χ1n) is 9.05. The van der Waals surface area contributed by atoms with Crippen LogP contribution < -0.4 is 15.0 Å². The quantitative estimate of drug-likeness (QED) is 0.759. The molecule has 3 rings (SSSR count). The zero-order valence-electron chi connectivity index (χ0n) is 15.6. The van der Waals surface area contributed by atoms with Gasteiger partial charge in [-0.25, -0.2) is 0 Å². The SMILES string of the molecule is COc1cccc(C[NH+]2CCN(C(=S)Nc3ccccc3C(F)(F)F)CC2)c1. The predicted molar refractivity (Wildman–Crippen MR) is 107 cm³/mol. The standard InChI is InChI=1S/C20H22F3N3OS/c1-27-16-6-4-5-15(13-16)14-25-9-11-26(12-10-25)19(28)24-18-8-3-2-7-17(18)20(21,22)23/h2-8,13H,9-12,14H2,1H3,(H,24,28)/p+1. The number of anilines is 1.